The average molecular weight is 297 g/mol. The molecule has 2 rings (SSSR count). The van der Waals surface area contributed by atoms with Crippen LogP contribution in [0.5, 0.6) is 0 Å². The Bertz CT molecular complexity index is 472. The first kappa shape index (κ1) is 15.2. The standard InChI is InChI=1S/C13H19N3O3S/c1-3-19-11-7-16(6-10(11)17)12(18)8-20-13-14-5-4-9(2)15-13/h4-5,10-11,17H,3,6-8H2,1-2H3/t10-,11-/m1/s1. The number of β-amino-alcohol motifs (C(OH)–C–C–N with tert-alkyl or cyclic N) is 1. The summed E-state index contributed by atoms with van der Waals surface area (Å²) in [6.07, 6.45) is 0.808. The molecule has 2 atom stereocenters. The van der Waals surface area contributed by atoms with Crippen LogP contribution < -0.4 is 0 Å². The lowest BCUT2D eigenvalue weighted by Crippen LogP contribution is -2.31. The molecule has 0 aliphatic carbocycles. The first-order chi connectivity index (χ1) is 9.60. The van der Waals surface area contributed by atoms with E-state index in [9.17, 15) is 9.90 Å². The molecule has 0 aromatic carbocycles. The highest BCUT2D eigenvalue weighted by atomic mass is 32.2. The van der Waals surface area contributed by atoms with E-state index in [1.54, 1.807) is 11.1 Å². The van der Waals surface area contributed by atoms with Gasteiger partial charge in [-0.25, -0.2) is 9.97 Å². The predicted molar refractivity (Wildman–Crippen MR) is 75.5 cm³/mol. The highest BCUT2D eigenvalue weighted by Gasteiger charge is 2.34. The number of ether oxygens (including phenoxy) is 1. The van der Waals surface area contributed by atoms with Gasteiger partial charge in [0.15, 0.2) is 5.16 Å². The van der Waals surface area contributed by atoms with Gasteiger partial charge in [0.25, 0.3) is 0 Å². The zero-order valence-electron chi connectivity index (χ0n) is 11.7. The zero-order chi connectivity index (χ0) is 14.5. The highest BCUT2D eigenvalue weighted by molar-refractivity contribution is 7.99. The van der Waals surface area contributed by atoms with Crippen molar-refractivity contribution < 1.29 is 14.6 Å². The molecule has 1 aromatic rings. The molecule has 7 heteroatoms. The van der Waals surface area contributed by atoms with Crippen molar-refractivity contribution in [2.45, 2.75) is 31.2 Å². The van der Waals surface area contributed by atoms with Gasteiger partial charge in [-0.05, 0) is 19.9 Å². The lowest BCUT2D eigenvalue weighted by Gasteiger charge is -2.15. The largest absolute Gasteiger partial charge is 0.388 e. The lowest BCUT2D eigenvalue weighted by molar-refractivity contribution is -0.127. The Morgan fingerprint density at radius 2 is 2.40 bits per heavy atom. The molecule has 1 fully saturated rings. The number of rotatable bonds is 5. The van der Waals surface area contributed by atoms with Crippen molar-refractivity contribution in [2.24, 2.45) is 0 Å². The number of likely N-dealkylation sites (tertiary alicyclic amines) is 1. The quantitative estimate of drug-likeness (QED) is 0.629. The molecule has 1 aromatic heterocycles. The van der Waals surface area contributed by atoms with Gasteiger partial charge in [-0.15, -0.1) is 0 Å². The van der Waals surface area contributed by atoms with E-state index in [2.05, 4.69) is 9.97 Å². The first-order valence-electron chi connectivity index (χ1n) is 6.60. The Kier molecular flexibility index (Phi) is 5.33. The number of aliphatic hydroxyl groups is 1. The second-order valence-electron chi connectivity index (χ2n) is 4.63. The van der Waals surface area contributed by atoms with Gasteiger partial charge >= 0.3 is 0 Å². The van der Waals surface area contributed by atoms with E-state index >= 15 is 0 Å². The van der Waals surface area contributed by atoms with Crippen LogP contribution in [0.15, 0.2) is 17.4 Å². The molecule has 1 aliphatic rings. The Balaban J connectivity index is 1.84. The zero-order valence-corrected chi connectivity index (χ0v) is 12.5. The third kappa shape index (κ3) is 3.91. The van der Waals surface area contributed by atoms with Crippen molar-refractivity contribution in [1.82, 2.24) is 14.9 Å². The van der Waals surface area contributed by atoms with Crippen molar-refractivity contribution in [2.75, 3.05) is 25.4 Å². The van der Waals surface area contributed by atoms with Crippen molar-refractivity contribution >= 4 is 17.7 Å². The second-order valence-corrected chi connectivity index (χ2v) is 5.57. The van der Waals surface area contributed by atoms with Gasteiger partial charge in [-0.2, -0.15) is 0 Å². The van der Waals surface area contributed by atoms with Crippen LogP contribution in [0, 0.1) is 6.92 Å². The van der Waals surface area contributed by atoms with E-state index < -0.39 is 6.10 Å². The molecule has 110 valence electrons. The molecule has 0 saturated carbocycles. The van der Waals surface area contributed by atoms with E-state index in [4.69, 9.17) is 4.74 Å². The molecule has 0 radical (unpaired) electrons. The van der Waals surface area contributed by atoms with Crippen LogP contribution in [-0.2, 0) is 9.53 Å². The molecule has 0 spiro atoms. The van der Waals surface area contributed by atoms with Gasteiger partial charge in [-0.3, -0.25) is 4.79 Å². The molecule has 20 heavy (non-hydrogen) atoms. The number of hydrogen-bond donors (Lipinski definition) is 1. The van der Waals surface area contributed by atoms with Crippen LogP contribution in [0.2, 0.25) is 0 Å². The number of aromatic nitrogens is 2. The Hall–Kier alpha value is -1.18. The normalized spacial score (nSPS) is 22.2. The second kappa shape index (κ2) is 7.01. The summed E-state index contributed by atoms with van der Waals surface area (Å²) < 4.78 is 5.40. The van der Waals surface area contributed by atoms with Crippen LogP contribution in [-0.4, -0.2) is 63.5 Å². The number of carbonyl (C=O) groups excluding carboxylic acids is 1. The number of thioether (sulfide) groups is 1. The van der Waals surface area contributed by atoms with Crippen molar-refractivity contribution in [3.05, 3.63) is 18.0 Å². The lowest BCUT2D eigenvalue weighted by atomic mass is 10.3. The fraction of sp³-hybridized carbons (Fsp3) is 0.615. The Morgan fingerprint density at radius 1 is 1.60 bits per heavy atom. The highest BCUT2D eigenvalue weighted by Crippen LogP contribution is 2.18. The Labute approximate surface area is 122 Å². The molecule has 2 heterocycles. The van der Waals surface area contributed by atoms with Gasteiger partial charge in [0.2, 0.25) is 5.91 Å². The summed E-state index contributed by atoms with van der Waals surface area (Å²) in [7, 11) is 0. The number of amides is 1. The first-order valence-corrected chi connectivity index (χ1v) is 7.58. The summed E-state index contributed by atoms with van der Waals surface area (Å²) >= 11 is 1.31. The average Bonchev–Trinajstić information content (AvgIpc) is 2.78. The van der Waals surface area contributed by atoms with Gasteiger partial charge in [-0.1, -0.05) is 11.8 Å². The van der Waals surface area contributed by atoms with Crippen LogP contribution in [0.1, 0.15) is 12.6 Å². The molecule has 0 bridgehead atoms. The molecular formula is C13H19N3O3S. The summed E-state index contributed by atoms with van der Waals surface area (Å²) in [5.41, 5.74) is 0.878. The van der Waals surface area contributed by atoms with Gasteiger partial charge in [0.1, 0.15) is 6.10 Å². The minimum atomic E-state index is -0.598. The van der Waals surface area contributed by atoms with E-state index in [0.717, 1.165) is 5.69 Å². The minimum absolute atomic E-state index is 0.0265. The third-order valence-corrected chi connectivity index (χ3v) is 3.91. The van der Waals surface area contributed by atoms with Crippen molar-refractivity contribution in [1.29, 1.82) is 0 Å². The maximum atomic E-state index is 12.1. The molecule has 1 aliphatic heterocycles. The van der Waals surface area contributed by atoms with Crippen molar-refractivity contribution in [3.8, 4) is 0 Å². The summed E-state index contributed by atoms with van der Waals surface area (Å²) in [5.74, 6) is 0.246. The SMILES string of the molecule is CCO[C@@H]1CN(C(=O)CSc2nccc(C)n2)C[C@H]1O. The topological polar surface area (TPSA) is 75.5 Å². The van der Waals surface area contributed by atoms with Gasteiger partial charge < -0.3 is 14.7 Å². The molecular weight excluding hydrogens is 278 g/mol. The van der Waals surface area contributed by atoms with E-state index in [1.165, 1.54) is 11.8 Å². The fourth-order valence-electron chi connectivity index (χ4n) is 2.05. The van der Waals surface area contributed by atoms with E-state index in [0.29, 0.717) is 24.9 Å². The number of aryl methyl sites for hydroxylation is 1. The molecule has 0 unspecified atom stereocenters. The summed E-state index contributed by atoms with van der Waals surface area (Å²) in [6, 6.07) is 1.81. The minimum Gasteiger partial charge on any atom is -0.388 e. The monoisotopic (exact) mass is 297 g/mol. The van der Waals surface area contributed by atoms with Crippen LogP contribution in [0.4, 0.5) is 0 Å². The summed E-state index contributed by atoms with van der Waals surface area (Å²) in [5, 5.41) is 10.4. The molecule has 1 saturated heterocycles. The van der Waals surface area contributed by atoms with Crippen LogP contribution in [0.3, 0.4) is 0 Å². The van der Waals surface area contributed by atoms with Crippen LogP contribution >= 0.6 is 11.8 Å². The summed E-state index contributed by atoms with van der Waals surface area (Å²) in [4.78, 5) is 22.1. The fourth-order valence-corrected chi connectivity index (χ4v) is 2.83. The van der Waals surface area contributed by atoms with Crippen LogP contribution in [0.25, 0.3) is 0 Å². The molecule has 6 nitrogen and oxygen atoms in total. The van der Waals surface area contributed by atoms with Gasteiger partial charge in [0, 0.05) is 31.6 Å². The maximum absolute atomic E-state index is 12.1. The predicted octanol–water partition coefficient (Wildman–Crippen LogP) is 0.485. The Morgan fingerprint density at radius 3 is 3.10 bits per heavy atom. The molecule has 1 amide bonds. The number of nitrogens with zero attached hydrogens (tertiary/aromatic N) is 3. The smallest absolute Gasteiger partial charge is 0.233 e. The summed E-state index contributed by atoms with van der Waals surface area (Å²) in [6.45, 7) is 5.08. The number of carbonyl (C=O) groups is 1. The molecule has 1 N–H and O–H groups in total. The maximum Gasteiger partial charge on any atom is 0.233 e. The van der Waals surface area contributed by atoms with E-state index in [1.807, 2.05) is 19.9 Å². The third-order valence-electron chi connectivity index (χ3n) is 3.07. The van der Waals surface area contributed by atoms with Gasteiger partial charge in [0.05, 0.1) is 11.9 Å². The van der Waals surface area contributed by atoms with Crippen molar-refractivity contribution in [3.63, 3.8) is 0 Å². The van der Waals surface area contributed by atoms with E-state index in [-0.39, 0.29) is 17.8 Å². The number of hydrogen-bond acceptors (Lipinski definition) is 6. The number of aliphatic hydroxyl groups excluding tert-OH is 1.